The molecule has 136 valence electrons. The van der Waals surface area contributed by atoms with E-state index in [1.54, 1.807) is 19.1 Å². The third-order valence-electron chi connectivity index (χ3n) is 4.29. The number of aryl methyl sites for hydroxylation is 2. The summed E-state index contributed by atoms with van der Waals surface area (Å²) >= 11 is 0. The number of terminal acetylenes is 1. The maximum Gasteiger partial charge on any atom is 0.148 e. The van der Waals surface area contributed by atoms with Gasteiger partial charge in [0.1, 0.15) is 17.1 Å². The van der Waals surface area contributed by atoms with Crippen LogP contribution in [0, 0.1) is 26.2 Å². The molecule has 1 atom stereocenters. The van der Waals surface area contributed by atoms with Gasteiger partial charge in [0.15, 0.2) is 0 Å². The van der Waals surface area contributed by atoms with Crippen molar-refractivity contribution in [2.45, 2.75) is 33.3 Å². The average molecular weight is 350 g/mol. The lowest BCUT2D eigenvalue weighted by Gasteiger charge is -2.18. The predicted molar refractivity (Wildman–Crippen MR) is 107 cm³/mol. The Morgan fingerprint density at radius 2 is 2.00 bits per heavy atom. The second-order valence-corrected chi connectivity index (χ2v) is 6.57. The molecule has 0 fully saturated rings. The van der Waals surface area contributed by atoms with Crippen molar-refractivity contribution in [1.29, 1.82) is 0 Å². The summed E-state index contributed by atoms with van der Waals surface area (Å²) in [5.41, 5.74) is 2.22. The molecule has 0 aliphatic rings. The lowest BCUT2D eigenvalue weighted by molar-refractivity contribution is 0.122. The van der Waals surface area contributed by atoms with Crippen LogP contribution in [-0.4, -0.2) is 29.9 Å². The molecule has 0 radical (unpaired) electrons. The highest BCUT2D eigenvalue weighted by Crippen LogP contribution is 2.33. The van der Waals surface area contributed by atoms with E-state index in [0.29, 0.717) is 11.3 Å². The molecule has 0 spiro atoms. The molecule has 0 aliphatic carbocycles. The zero-order valence-electron chi connectivity index (χ0n) is 16.1. The summed E-state index contributed by atoms with van der Waals surface area (Å²) in [7, 11) is 1.99. The number of aliphatic imine (C=N–C) groups is 1. The van der Waals surface area contributed by atoms with Crippen molar-refractivity contribution >= 4 is 12.0 Å². The van der Waals surface area contributed by atoms with Crippen LogP contribution in [0.15, 0.2) is 41.4 Å². The van der Waals surface area contributed by atoms with Gasteiger partial charge in [0.2, 0.25) is 0 Å². The molecule has 2 rings (SSSR count). The van der Waals surface area contributed by atoms with Crippen LogP contribution in [0.2, 0.25) is 0 Å². The Hall–Kier alpha value is -2.77. The van der Waals surface area contributed by atoms with Gasteiger partial charge in [-0.1, -0.05) is 18.1 Å². The second-order valence-electron chi connectivity index (χ2n) is 6.57. The van der Waals surface area contributed by atoms with Gasteiger partial charge in [-0.3, -0.25) is 0 Å². The zero-order valence-corrected chi connectivity index (χ0v) is 16.1. The van der Waals surface area contributed by atoms with E-state index in [4.69, 9.17) is 11.2 Å². The minimum atomic E-state index is -1.33. The zero-order chi connectivity index (χ0) is 19.3. The molecule has 0 saturated carbocycles. The van der Waals surface area contributed by atoms with Crippen molar-refractivity contribution in [3.63, 3.8) is 0 Å². The first-order valence-electron chi connectivity index (χ1n) is 8.61. The molecule has 4 heteroatoms. The molecule has 1 N–H and O–H groups in total. The van der Waals surface area contributed by atoms with Gasteiger partial charge < -0.3 is 14.7 Å². The highest BCUT2D eigenvalue weighted by Gasteiger charge is 2.20. The van der Waals surface area contributed by atoms with E-state index in [0.717, 1.165) is 29.1 Å². The third kappa shape index (κ3) is 4.65. The van der Waals surface area contributed by atoms with Crippen LogP contribution < -0.4 is 4.74 Å². The topological polar surface area (TPSA) is 45.1 Å². The summed E-state index contributed by atoms with van der Waals surface area (Å²) in [4.78, 5) is 6.55. The highest BCUT2D eigenvalue weighted by molar-refractivity contribution is 5.64. The van der Waals surface area contributed by atoms with Crippen LogP contribution in [0.5, 0.6) is 11.5 Å². The van der Waals surface area contributed by atoms with Crippen LogP contribution in [0.1, 0.15) is 30.5 Å². The third-order valence-corrected chi connectivity index (χ3v) is 4.29. The van der Waals surface area contributed by atoms with Crippen LogP contribution in [-0.2, 0) is 5.60 Å². The van der Waals surface area contributed by atoms with Crippen LogP contribution in [0.4, 0.5) is 5.69 Å². The van der Waals surface area contributed by atoms with E-state index >= 15 is 0 Å². The monoisotopic (exact) mass is 350 g/mol. The van der Waals surface area contributed by atoms with Gasteiger partial charge in [0.05, 0.1) is 12.0 Å². The van der Waals surface area contributed by atoms with E-state index in [1.165, 1.54) is 0 Å². The van der Waals surface area contributed by atoms with Crippen molar-refractivity contribution in [3.05, 3.63) is 53.1 Å². The number of aliphatic hydroxyl groups is 1. The van der Waals surface area contributed by atoms with Crippen molar-refractivity contribution in [2.24, 2.45) is 4.99 Å². The predicted octanol–water partition coefficient (Wildman–Crippen LogP) is 4.55. The van der Waals surface area contributed by atoms with Gasteiger partial charge in [0.25, 0.3) is 0 Å². The van der Waals surface area contributed by atoms with Crippen molar-refractivity contribution in [2.75, 3.05) is 13.6 Å². The number of nitrogens with zero attached hydrogens (tertiary/aromatic N) is 2. The number of benzene rings is 2. The summed E-state index contributed by atoms with van der Waals surface area (Å²) in [6.07, 6.45) is 7.23. The molecular formula is C22H26N2O2. The summed E-state index contributed by atoms with van der Waals surface area (Å²) in [5, 5.41) is 10.2. The van der Waals surface area contributed by atoms with Crippen LogP contribution in [0.25, 0.3) is 0 Å². The van der Waals surface area contributed by atoms with Gasteiger partial charge in [-0.25, -0.2) is 4.99 Å². The maximum absolute atomic E-state index is 10.2. The highest BCUT2D eigenvalue weighted by atomic mass is 16.5. The summed E-state index contributed by atoms with van der Waals surface area (Å²) < 4.78 is 6.03. The first-order valence-corrected chi connectivity index (χ1v) is 8.61. The molecule has 26 heavy (non-hydrogen) atoms. The fourth-order valence-electron chi connectivity index (χ4n) is 2.34. The second kappa shape index (κ2) is 8.07. The molecule has 0 aromatic heterocycles. The molecule has 2 aromatic carbocycles. The molecule has 2 aromatic rings. The van der Waals surface area contributed by atoms with Crippen LogP contribution in [0.3, 0.4) is 0 Å². The fourth-order valence-corrected chi connectivity index (χ4v) is 2.34. The minimum Gasteiger partial charge on any atom is -0.457 e. The average Bonchev–Trinajstić information content (AvgIpc) is 2.63. The molecule has 0 bridgehead atoms. The molecule has 0 saturated heterocycles. The Bertz CT molecular complexity index is 848. The summed E-state index contributed by atoms with van der Waals surface area (Å²) in [6, 6.07) is 11.2. The van der Waals surface area contributed by atoms with E-state index in [9.17, 15) is 5.11 Å². The van der Waals surface area contributed by atoms with E-state index in [-0.39, 0.29) is 0 Å². The molecule has 0 aliphatic heterocycles. The summed E-state index contributed by atoms with van der Waals surface area (Å²) in [5.74, 6) is 3.76. The Labute approximate surface area is 156 Å². The number of hydrogen-bond acceptors (Lipinski definition) is 3. The van der Waals surface area contributed by atoms with Crippen molar-refractivity contribution in [3.8, 4) is 23.8 Å². The maximum atomic E-state index is 10.2. The molecule has 0 amide bonds. The van der Waals surface area contributed by atoms with Gasteiger partial charge in [0, 0.05) is 13.6 Å². The first kappa shape index (κ1) is 19.6. The van der Waals surface area contributed by atoms with Crippen molar-refractivity contribution < 1.29 is 9.84 Å². The molecule has 0 heterocycles. The lowest BCUT2D eigenvalue weighted by Crippen LogP contribution is -2.17. The normalized spacial score (nSPS) is 13.3. The largest absolute Gasteiger partial charge is 0.457 e. The Kier molecular flexibility index (Phi) is 6.07. The number of rotatable bonds is 6. The minimum absolute atomic E-state index is 0.621. The number of hydrogen-bond donors (Lipinski definition) is 1. The van der Waals surface area contributed by atoms with Crippen molar-refractivity contribution in [1.82, 2.24) is 4.90 Å². The standard InChI is InChI=1S/C22H26N2O2/c1-7-22(5,25)18-10-9-11-19(14-18)26-21-13-16(3)20(12-17(21)4)23-15-24(6)8-2/h1,9-15,25H,8H2,2-6H3/b23-15+. The van der Waals surface area contributed by atoms with E-state index < -0.39 is 5.60 Å². The smallest absolute Gasteiger partial charge is 0.148 e. The Morgan fingerprint density at radius 1 is 1.27 bits per heavy atom. The first-order chi connectivity index (χ1) is 12.3. The van der Waals surface area contributed by atoms with Gasteiger partial charge >= 0.3 is 0 Å². The van der Waals surface area contributed by atoms with E-state index in [2.05, 4.69) is 17.8 Å². The molecule has 1 unspecified atom stereocenters. The SMILES string of the molecule is C#CC(C)(O)c1cccc(Oc2cc(C)c(/N=C/N(C)CC)cc2C)c1. The van der Waals surface area contributed by atoms with Gasteiger partial charge in [-0.05, 0) is 68.7 Å². The summed E-state index contributed by atoms with van der Waals surface area (Å²) in [6.45, 7) is 8.55. The Balaban J connectivity index is 2.29. The van der Waals surface area contributed by atoms with E-state index in [1.807, 2.05) is 56.4 Å². The fraction of sp³-hybridized carbons (Fsp3) is 0.318. The van der Waals surface area contributed by atoms with Gasteiger partial charge in [-0.2, -0.15) is 0 Å². The molecular weight excluding hydrogens is 324 g/mol. The lowest BCUT2D eigenvalue weighted by atomic mass is 9.97. The molecule has 4 nitrogen and oxygen atoms in total. The quantitative estimate of drug-likeness (QED) is 0.472. The Morgan fingerprint density at radius 3 is 2.65 bits per heavy atom. The number of ether oxygens (including phenoxy) is 1. The van der Waals surface area contributed by atoms with Crippen LogP contribution >= 0.6 is 0 Å². The van der Waals surface area contributed by atoms with Gasteiger partial charge in [-0.15, -0.1) is 6.42 Å².